The number of anilines is 1. The van der Waals surface area contributed by atoms with Crippen LogP contribution in [0, 0.1) is 0 Å². The van der Waals surface area contributed by atoms with Crippen molar-refractivity contribution in [3.63, 3.8) is 0 Å². The van der Waals surface area contributed by atoms with Gasteiger partial charge < -0.3 is 11.1 Å². The number of pyridine rings is 1. The number of rotatable bonds is 5. The fraction of sp³-hybridized carbons (Fsp3) is 0.143. The third-order valence-corrected chi connectivity index (χ3v) is 3.23. The maximum Gasteiger partial charge on any atom is 0.107 e. The third-order valence-electron chi connectivity index (χ3n) is 2.71. The highest BCUT2D eigenvalue weighted by Gasteiger charge is 2.08. The zero-order valence-electron chi connectivity index (χ0n) is 10.3. The molecule has 2 rings (SSSR count). The van der Waals surface area contributed by atoms with Crippen molar-refractivity contribution in [2.24, 2.45) is 5.73 Å². The number of benzene rings is 1. The highest BCUT2D eigenvalue weighted by atomic mass is 35.5. The van der Waals surface area contributed by atoms with Crippen molar-refractivity contribution in [1.29, 1.82) is 0 Å². The van der Waals surface area contributed by atoms with E-state index in [4.69, 9.17) is 29.6 Å². The van der Waals surface area contributed by atoms with Gasteiger partial charge in [-0.25, -0.2) is 0 Å². The Morgan fingerprint density at radius 3 is 2.84 bits per heavy atom. The first-order chi connectivity index (χ1) is 9.18. The van der Waals surface area contributed by atoms with Gasteiger partial charge in [-0.15, -0.1) is 0 Å². The molecular formula is C14H14ClN3S. The van der Waals surface area contributed by atoms with Crippen molar-refractivity contribution in [2.75, 3.05) is 11.9 Å². The van der Waals surface area contributed by atoms with E-state index in [1.807, 2.05) is 30.5 Å². The fourth-order valence-corrected chi connectivity index (χ4v) is 2.36. The lowest BCUT2D eigenvalue weighted by Crippen LogP contribution is -2.15. The lowest BCUT2D eigenvalue weighted by molar-refractivity contribution is 1.00. The van der Waals surface area contributed by atoms with Crippen LogP contribution in [0.25, 0.3) is 0 Å². The Morgan fingerprint density at radius 1 is 1.32 bits per heavy atom. The first-order valence-electron chi connectivity index (χ1n) is 5.89. The maximum atomic E-state index is 6.10. The Labute approximate surface area is 122 Å². The average Bonchev–Trinajstić information content (AvgIpc) is 2.39. The normalized spacial score (nSPS) is 10.2. The molecule has 3 N–H and O–H groups in total. The van der Waals surface area contributed by atoms with Gasteiger partial charge in [-0.2, -0.15) is 0 Å². The van der Waals surface area contributed by atoms with E-state index in [-0.39, 0.29) is 0 Å². The molecular weight excluding hydrogens is 278 g/mol. The molecule has 0 aliphatic heterocycles. The zero-order valence-corrected chi connectivity index (χ0v) is 11.8. The second-order valence-electron chi connectivity index (χ2n) is 4.06. The molecule has 0 saturated carbocycles. The van der Waals surface area contributed by atoms with Crippen LogP contribution in [0.4, 0.5) is 5.69 Å². The molecule has 19 heavy (non-hydrogen) atoms. The lowest BCUT2D eigenvalue weighted by atomic mass is 10.1. The second-order valence-corrected chi connectivity index (χ2v) is 4.91. The summed E-state index contributed by atoms with van der Waals surface area (Å²) in [6, 6.07) is 9.54. The molecule has 0 amide bonds. The molecule has 1 heterocycles. The van der Waals surface area contributed by atoms with E-state index in [2.05, 4.69) is 10.3 Å². The molecule has 0 unspecified atom stereocenters. The maximum absolute atomic E-state index is 6.10. The summed E-state index contributed by atoms with van der Waals surface area (Å²) in [5, 5.41) is 3.87. The van der Waals surface area contributed by atoms with Crippen LogP contribution in [0.2, 0.25) is 5.02 Å². The van der Waals surface area contributed by atoms with Crippen molar-refractivity contribution in [3.8, 4) is 0 Å². The van der Waals surface area contributed by atoms with Gasteiger partial charge in [-0.05, 0) is 30.2 Å². The largest absolute Gasteiger partial charge is 0.389 e. The molecule has 3 nitrogen and oxygen atoms in total. The molecule has 5 heteroatoms. The van der Waals surface area contributed by atoms with Crippen LogP contribution in [-0.2, 0) is 6.42 Å². The first-order valence-corrected chi connectivity index (χ1v) is 6.68. The second kappa shape index (κ2) is 6.50. The average molecular weight is 292 g/mol. The molecule has 98 valence electrons. The van der Waals surface area contributed by atoms with Crippen LogP contribution < -0.4 is 11.1 Å². The fourth-order valence-electron chi connectivity index (χ4n) is 1.81. The highest BCUT2D eigenvalue weighted by molar-refractivity contribution is 7.80. The quantitative estimate of drug-likeness (QED) is 0.832. The standard InChI is InChI=1S/C14H14ClN3S/c15-11-4-1-5-12(13(11)14(16)19)18-8-6-10-3-2-7-17-9-10/h1-5,7,9,18H,6,8H2,(H2,16,19). The summed E-state index contributed by atoms with van der Waals surface area (Å²) in [7, 11) is 0. The van der Waals surface area contributed by atoms with Gasteiger partial charge in [0.1, 0.15) is 4.99 Å². The van der Waals surface area contributed by atoms with Gasteiger partial charge in [0.25, 0.3) is 0 Å². The Bertz CT molecular complexity index is 572. The molecule has 0 bridgehead atoms. The molecule has 0 radical (unpaired) electrons. The van der Waals surface area contributed by atoms with Crippen molar-refractivity contribution in [2.45, 2.75) is 6.42 Å². The van der Waals surface area contributed by atoms with Gasteiger partial charge in [0.15, 0.2) is 0 Å². The van der Waals surface area contributed by atoms with Crippen LogP contribution in [-0.4, -0.2) is 16.5 Å². The molecule has 0 aliphatic rings. The van der Waals surface area contributed by atoms with E-state index in [1.165, 1.54) is 5.56 Å². The summed E-state index contributed by atoms with van der Waals surface area (Å²) in [6.45, 7) is 0.766. The summed E-state index contributed by atoms with van der Waals surface area (Å²) in [4.78, 5) is 4.38. The van der Waals surface area contributed by atoms with Crippen LogP contribution in [0.3, 0.4) is 0 Å². The van der Waals surface area contributed by atoms with Crippen molar-refractivity contribution in [1.82, 2.24) is 4.98 Å². The Hall–Kier alpha value is -1.65. The van der Waals surface area contributed by atoms with Gasteiger partial charge in [0.05, 0.1) is 10.6 Å². The van der Waals surface area contributed by atoms with Crippen molar-refractivity contribution < 1.29 is 0 Å². The van der Waals surface area contributed by atoms with E-state index >= 15 is 0 Å². The Balaban J connectivity index is 2.04. The minimum atomic E-state index is 0.300. The van der Waals surface area contributed by atoms with Gasteiger partial charge in [-0.1, -0.05) is 36.0 Å². The SMILES string of the molecule is NC(=S)c1c(Cl)cccc1NCCc1cccnc1. The number of hydrogen-bond donors (Lipinski definition) is 2. The lowest BCUT2D eigenvalue weighted by Gasteiger charge is -2.12. The Morgan fingerprint density at radius 2 is 2.16 bits per heavy atom. The monoisotopic (exact) mass is 291 g/mol. The topological polar surface area (TPSA) is 50.9 Å². The van der Waals surface area contributed by atoms with E-state index in [1.54, 1.807) is 12.3 Å². The number of nitrogens with zero attached hydrogens (tertiary/aromatic N) is 1. The highest BCUT2D eigenvalue weighted by Crippen LogP contribution is 2.24. The molecule has 0 fully saturated rings. The smallest absolute Gasteiger partial charge is 0.107 e. The summed E-state index contributed by atoms with van der Waals surface area (Å²) >= 11 is 11.1. The van der Waals surface area contributed by atoms with Crippen LogP contribution in [0.15, 0.2) is 42.7 Å². The molecule has 2 aromatic rings. The van der Waals surface area contributed by atoms with Crippen LogP contribution in [0.1, 0.15) is 11.1 Å². The van der Waals surface area contributed by atoms with E-state index in [9.17, 15) is 0 Å². The molecule has 1 aromatic carbocycles. The van der Waals surface area contributed by atoms with Crippen LogP contribution in [0.5, 0.6) is 0 Å². The molecule has 0 spiro atoms. The third kappa shape index (κ3) is 3.66. The van der Waals surface area contributed by atoms with Gasteiger partial charge in [0, 0.05) is 24.6 Å². The number of hydrogen-bond acceptors (Lipinski definition) is 3. The van der Waals surface area contributed by atoms with E-state index < -0.39 is 0 Å². The van der Waals surface area contributed by atoms with Gasteiger partial charge in [0.2, 0.25) is 0 Å². The number of aromatic nitrogens is 1. The summed E-state index contributed by atoms with van der Waals surface area (Å²) in [5.74, 6) is 0. The number of nitrogens with one attached hydrogen (secondary N) is 1. The number of nitrogens with two attached hydrogens (primary N) is 1. The summed E-state index contributed by atoms with van der Waals surface area (Å²) < 4.78 is 0. The minimum Gasteiger partial charge on any atom is -0.389 e. The van der Waals surface area contributed by atoms with Crippen molar-refractivity contribution >= 4 is 34.5 Å². The summed E-state index contributed by atoms with van der Waals surface area (Å²) in [6.07, 6.45) is 4.49. The minimum absolute atomic E-state index is 0.300. The van der Waals surface area contributed by atoms with Crippen molar-refractivity contribution in [3.05, 3.63) is 58.9 Å². The number of thiocarbonyl (C=S) groups is 1. The molecule has 1 aromatic heterocycles. The molecule has 0 saturated heterocycles. The molecule has 0 aliphatic carbocycles. The molecule has 0 atom stereocenters. The number of halogens is 1. The summed E-state index contributed by atoms with van der Waals surface area (Å²) in [5.41, 5.74) is 8.43. The Kier molecular flexibility index (Phi) is 4.71. The predicted molar refractivity (Wildman–Crippen MR) is 83.8 cm³/mol. The van der Waals surface area contributed by atoms with Gasteiger partial charge >= 0.3 is 0 Å². The predicted octanol–water partition coefficient (Wildman–Crippen LogP) is 3.02. The van der Waals surface area contributed by atoms with Gasteiger partial charge in [-0.3, -0.25) is 4.98 Å². The van der Waals surface area contributed by atoms with E-state index in [0.29, 0.717) is 15.6 Å². The zero-order chi connectivity index (χ0) is 13.7. The first kappa shape index (κ1) is 13.8. The van der Waals surface area contributed by atoms with Crippen LogP contribution >= 0.6 is 23.8 Å². The van der Waals surface area contributed by atoms with E-state index in [0.717, 1.165) is 18.7 Å².